The summed E-state index contributed by atoms with van der Waals surface area (Å²) in [5.74, 6) is -0.825. The Morgan fingerprint density at radius 3 is 2.70 bits per heavy atom. The van der Waals surface area contributed by atoms with Gasteiger partial charge in [0.15, 0.2) is 5.69 Å². The van der Waals surface area contributed by atoms with Crippen LogP contribution in [0.2, 0.25) is 5.02 Å². The van der Waals surface area contributed by atoms with Gasteiger partial charge in [0.05, 0.1) is 36.1 Å². The normalized spacial score (nSPS) is 10.6. The maximum Gasteiger partial charge on any atom is 0.338 e. The highest BCUT2D eigenvalue weighted by atomic mass is 35.5. The van der Waals surface area contributed by atoms with E-state index in [1.165, 1.54) is 13.3 Å². The van der Waals surface area contributed by atoms with Crippen LogP contribution in [0.3, 0.4) is 0 Å². The van der Waals surface area contributed by atoms with Gasteiger partial charge in [-0.3, -0.25) is 14.2 Å². The minimum Gasteiger partial charge on any atom is -0.465 e. The predicted molar refractivity (Wildman–Crippen MR) is 100.0 cm³/mol. The zero-order chi connectivity index (χ0) is 19.4. The van der Waals surface area contributed by atoms with Crippen LogP contribution in [0.15, 0.2) is 42.9 Å². The van der Waals surface area contributed by atoms with Gasteiger partial charge in [0.25, 0.3) is 5.91 Å². The number of benzene rings is 1. The zero-order valence-corrected chi connectivity index (χ0v) is 15.6. The van der Waals surface area contributed by atoms with Crippen LogP contribution >= 0.6 is 11.6 Å². The fraction of sp³-hybridized carbons (Fsp3) is 0.222. The second-order valence-corrected chi connectivity index (χ2v) is 6.12. The van der Waals surface area contributed by atoms with Crippen molar-refractivity contribution in [1.29, 1.82) is 0 Å². The molecule has 1 N–H and O–H groups in total. The monoisotopic (exact) mass is 387 g/mol. The van der Waals surface area contributed by atoms with Crippen molar-refractivity contribution in [3.05, 3.63) is 64.7 Å². The molecule has 8 nitrogen and oxygen atoms in total. The summed E-state index contributed by atoms with van der Waals surface area (Å²) in [6.45, 7) is 2.87. The molecule has 0 fully saturated rings. The first-order valence-electron chi connectivity index (χ1n) is 8.24. The van der Waals surface area contributed by atoms with Crippen molar-refractivity contribution in [2.75, 3.05) is 12.4 Å². The number of hydrogen-bond donors (Lipinski definition) is 1. The first kappa shape index (κ1) is 18.7. The summed E-state index contributed by atoms with van der Waals surface area (Å²) in [5.41, 5.74) is 1.88. The molecule has 140 valence electrons. The van der Waals surface area contributed by atoms with Gasteiger partial charge in [-0.15, -0.1) is 0 Å². The minimum atomic E-state index is -0.415. The number of methoxy groups -OCH3 is 1. The molecule has 0 aliphatic heterocycles. The maximum atomic E-state index is 12.3. The standard InChI is InChI=1S/C18H18ClN5O3/c1-3-23-11-15(19)16(22-23)17(25)21-13-8-20-24(10-13)9-12-6-4-5-7-14(12)18(26)27-2/h4-8,10-11H,3,9H2,1-2H3,(H,21,25). The second kappa shape index (κ2) is 8.05. The number of anilines is 1. The molecule has 0 saturated heterocycles. The molecular weight excluding hydrogens is 370 g/mol. The minimum absolute atomic E-state index is 0.155. The summed E-state index contributed by atoms with van der Waals surface area (Å²) in [6.07, 6.45) is 4.78. The quantitative estimate of drug-likeness (QED) is 0.657. The maximum absolute atomic E-state index is 12.3. The van der Waals surface area contributed by atoms with Crippen LogP contribution in [-0.4, -0.2) is 38.5 Å². The molecule has 0 unspecified atom stereocenters. The summed E-state index contributed by atoms with van der Waals surface area (Å²) in [4.78, 5) is 24.2. The van der Waals surface area contributed by atoms with Gasteiger partial charge in [-0.2, -0.15) is 10.2 Å². The molecular formula is C18H18ClN5O3. The molecule has 0 radical (unpaired) electrons. The summed E-state index contributed by atoms with van der Waals surface area (Å²) in [7, 11) is 1.34. The number of ether oxygens (including phenoxy) is 1. The average molecular weight is 388 g/mol. The SMILES string of the molecule is CCn1cc(Cl)c(C(=O)Nc2cnn(Cc3ccccc3C(=O)OC)c2)n1. The molecule has 27 heavy (non-hydrogen) atoms. The number of amides is 1. The lowest BCUT2D eigenvalue weighted by molar-refractivity contribution is 0.0599. The number of nitrogens with zero attached hydrogens (tertiary/aromatic N) is 4. The van der Waals surface area contributed by atoms with E-state index >= 15 is 0 Å². The summed E-state index contributed by atoms with van der Waals surface area (Å²) in [6, 6.07) is 7.12. The fourth-order valence-electron chi connectivity index (χ4n) is 2.56. The highest BCUT2D eigenvalue weighted by molar-refractivity contribution is 6.34. The fourth-order valence-corrected chi connectivity index (χ4v) is 2.80. The first-order chi connectivity index (χ1) is 13.0. The van der Waals surface area contributed by atoms with Gasteiger partial charge in [0.2, 0.25) is 0 Å². The zero-order valence-electron chi connectivity index (χ0n) is 14.8. The second-order valence-electron chi connectivity index (χ2n) is 5.71. The largest absolute Gasteiger partial charge is 0.465 e. The molecule has 0 bridgehead atoms. The van der Waals surface area contributed by atoms with Gasteiger partial charge in [0.1, 0.15) is 0 Å². The molecule has 1 amide bonds. The number of esters is 1. The molecule has 0 atom stereocenters. The molecule has 3 aromatic rings. The first-order valence-corrected chi connectivity index (χ1v) is 8.62. The van der Waals surface area contributed by atoms with Crippen LogP contribution < -0.4 is 5.32 Å². The van der Waals surface area contributed by atoms with Gasteiger partial charge in [-0.25, -0.2) is 4.79 Å². The smallest absolute Gasteiger partial charge is 0.338 e. The Bertz CT molecular complexity index is 979. The Hall–Kier alpha value is -3.13. The third kappa shape index (κ3) is 4.17. The third-order valence-electron chi connectivity index (χ3n) is 3.90. The lowest BCUT2D eigenvalue weighted by Crippen LogP contribution is -2.13. The average Bonchev–Trinajstić information content (AvgIpc) is 3.27. The Kier molecular flexibility index (Phi) is 5.56. The summed E-state index contributed by atoms with van der Waals surface area (Å²) >= 11 is 6.05. The molecule has 3 rings (SSSR count). The Balaban J connectivity index is 1.73. The van der Waals surface area contributed by atoms with Crippen molar-refractivity contribution in [1.82, 2.24) is 19.6 Å². The van der Waals surface area contributed by atoms with Gasteiger partial charge in [-0.05, 0) is 18.6 Å². The number of carbonyl (C=O) groups is 2. The van der Waals surface area contributed by atoms with Crippen molar-refractivity contribution < 1.29 is 14.3 Å². The molecule has 0 aliphatic carbocycles. The van der Waals surface area contributed by atoms with Gasteiger partial charge >= 0.3 is 5.97 Å². The van der Waals surface area contributed by atoms with Crippen LogP contribution in [0.5, 0.6) is 0 Å². The van der Waals surface area contributed by atoms with Crippen LogP contribution in [0, 0.1) is 0 Å². The van der Waals surface area contributed by atoms with Crippen LogP contribution in [0.4, 0.5) is 5.69 Å². The topological polar surface area (TPSA) is 91.0 Å². The number of halogens is 1. The van der Waals surface area contributed by atoms with Crippen LogP contribution in [0.25, 0.3) is 0 Å². The van der Waals surface area contributed by atoms with E-state index in [9.17, 15) is 9.59 Å². The number of aryl methyl sites for hydroxylation is 1. The Morgan fingerprint density at radius 1 is 1.22 bits per heavy atom. The number of nitrogens with one attached hydrogen (secondary N) is 1. The molecule has 9 heteroatoms. The molecule has 0 saturated carbocycles. The molecule has 0 spiro atoms. The van der Waals surface area contributed by atoms with Crippen LogP contribution in [0.1, 0.15) is 33.3 Å². The highest BCUT2D eigenvalue weighted by Gasteiger charge is 2.17. The van der Waals surface area contributed by atoms with E-state index in [1.807, 2.05) is 19.1 Å². The van der Waals surface area contributed by atoms with E-state index in [4.69, 9.17) is 16.3 Å². The van der Waals surface area contributed by atoms with E-state index in [2.05, 4.69) is 15.5 Å². The van der Waals surface area contributed by atoms with Gasteiger partial charge < -0.3 is 10.1 Å². The van der Waals surface area contributed by atoms with Gasteiger partial charge in [-0.1, -0.05) is 29.8 Å². The highest BCUT2D eigenvalue weighted by Crippen LogP contribution is 2.17. The third-order valence-corrected chi connectivity index (χ3v) is 4.18. The molecule has 1 aromatic carbocycles. The van der Waals surface area contributed by atoms with E-state index in [0.717, 1.165) is 5.56 Å². The lowest BCUT2D eigenvalue weighted by Gasteiger charge is -2.07. The van der Waals surface area contributed by atoms with E-state index in [1.54, 1.807) is 33.9 Å². The molecule has 2 heterocycles. The summed E-state index contributed by atoms with van der Waals surface area (Å²) < 4.78 is 8.00. The summed E-state index contributed by atoms with van der Waals surface area (Å²) in [5, 5.41) is 11.4. The van der Waals surface area contributed by atoms with E-state index < -0.39 is 11.9 Å². The van der Waals surface area contributed by atoms with Crippen molar-refractivity contribution in [2.24, 2.45) is 0 Å². The lowest BCUT2D eigenvalue weighted by atomic mass is 10.1. The van der Waals surface area contributed by atoms with Crippen LogP contribution in [-0.2, 0) is 17.8 Å². The Labute approximate surface area is 160 Å². The number of carbonyl (C=O) groups excluding carboxylic acids is 2. The van der Waals surface area contributed by atoms with E-state index in [-0.39, 0.29) is 10.7 Å². The van der Waals surface area contributed by atoms with Crippen molar-refractivity contribution >= 4 is 29.2 Å². The number of rotatable bonds is 6. The van der Waals surface area contributed by atoms with Gasteiger partial charge in [0, 0.05) is 18.9 Å². The molecule has 0 aliphatic rings. The number of aromatic nitrogens is 4. The predicted octanol–water partition coefficient (Wildman–Crippen LogP) is 2.84. The van der Waals surface area contributed by atoms with Crippen molar-refractivity contribution in [3.63, 3.8) is 0 Å². The van der Waals surface area contributed by atoms with E-state index in [0.29, 0.717) is 24.3 Å². The van der Waals surface area contributed by atoms with Crippen molar-refractivity contribution in [3.8, 4) is 0 Å². The Morgan fingerprint density at radius 2 is 2.00 bits per heavy atom. The molecule has 2 aromatic heterocycles. The van der Waals surface area contributed by atoms with Crippen molar-refractivity contribution in [2.45, 2.75) is 20.0 Å². The number of hydrogen-bond acceptors (Lipinski definition) is 5.